The molecule has 0 amide bonds. The van der Waals surface area contributed by atoms with Crippen molar-refractivity contribution in [2.75, 3.05) is 7.11 Å². The first-order valence-corrected chi connectivity index (χ1v) is 6.10. The fourth-order valence-electron chi connectivity index (χ4n) is 1.87. The SMILES string of the molecule is COc1ccc(COc2ccc(F)cc2C)cc1C#N. The van der Waals surface area contributed by atoms with Crippen LogP contribution in [0, 0.1) is 24.1 Å². The summed E-state index contributed by atoms with van der Waals surface area (Å²) in [7, 11) is 1.52. The van der Waals surface area contributed by atoms with Gasteiger partial charge in [0.25, 0.3) is 0 Å². The van der Waals surface area contributed by atoms with Crippen LogP contribution in [0.1, 0.15) is 16.7 Å². The van der Waals surface area contributed by atoms with Crippen molar-refractivity contribution < 1.29 is 13.9 Å². The van der Waals surface area contributed by atoms with E-state index in [0.29, 0.717) is 23.7 Å². The summed E-state index contributed by atoms with van der Waals surface area (Å²) >= 11 is 0. The first-order valence-electron chi connectivity index (χ1n) is 6.10. The first kappa shape index (κ1) is 13.9. The summed E-state index contributed by atoms with van der Waals surface area (Å²) < 4.78 is 23.7. The summed E-state index contributed by atoms with van der Waals surface area (Å²) in [5.74, 6) is 0.876. The number of ether oxygens (including phenoxy) is 2. The summed E-state index contributed by atoms with van der Waals surface area (Å²) in [4.78, 5) is 0. The average molecular weight is 271 g/mol. The molecule has 0 unspecified atom stereocenters. The largest absolute Gasteiger partial charge is 0.495 e. The highest BCUT2D eigenvalue weighted by molar-refractivity contribution is 5.45. The molecule has 0 aromatic heterocycles. The summed E-state index contributed by atoms with van der Waals surface area (Å²) in [5, 5.41) is 9.02. The first-order chi connectivity index (χ1) is 9.63. The monoisotopic (exact) mass is 271 g/mol. The Morgan fingerprint density at radius 3 is 2.55 bits per heavy atom. The van der Waals surface area contributed by atoms with Crippen LogP contribution in [0.15, 0.2) is 36.4 Å². The maximum absolute atomic E-state index is 13.0. The minimum absolute atomic E-state index is 0.286. The minimum Gasteiger partial charge on any atom is -0.495 e. The van der Waals surface area contributed by atoms with Crippen molar-refractivity contribution in [1.82, 2.24) is 0 Å². The highest BCUT2D eigenvalue weighted by Crippen LogP contribution is 2.22. The Kier molecular flexibility index (Phi) is 4.21. The van der Waals surface area contributed by atoms with E-state index in [0.717, 1.165) is 11.1 Å². The number of methoxy groups -OCH3 is 1. The maximum Gasteiger partial charge on any atom is 0.136 e. The molecule has 0 bridgehead atoms. The zero-order chi connectivity index (χ0) is 14.5. The average Bonchev–Trinajstić information content (AvgIpc) is 2.46. The zero-order valence-corrected chi connectivity index (χ0v) is 11.3. The van der Waals surface area contributed by atoms with Crippen molar-refractivity contribution in [1.29, 1.82) is 5.26 Å². The van der Waals surface area contributed by atoms with E-state index in [1.807, 2.05) is 6.07 Å². The van der Waals surface area contributed by atoms with Gasteiger partial charge in [0.2, 0.25) is 0 Å². The van der Waals surface area contributed by atoms with Crippen molar-refractivity contribution in [3.05, 3.63) is 58.9 Å². The molecule has 0 aliphatic rings. The second-order valence-corrected chi connectivity index (χ2v) is 4.34. The van der Waals surface area contributed by atoms with Gasteiger partial charge in [0, 0.05) is 0 Å². The fraction of sp³-hybridized carbons (Fsp3) is 0.188. The molecule has 3 nitrogen and oxygen atoms in total. The fourth-order valence-corrected chi connectivity index (χ4v) is 1.87. The van der Waals surface area contributed by atoms with Gasteiger partial charge in [0.15, 0.2) is 0 Å². The molecule has 20 heavy (non-hydrogen) atoms. The zero-order valence-electron chi connectivity index (χ0n) is 11.3. The molecule has 2 rings (SSSR count). The molecular weight excluding hydrogens is 257 g/mol. The quantitative estimate of drug-likeness (QED) is 0.853. The Hall–Kier alpha value is -2.54. The number of aryl methyl sites for hydroxylation is 1. The molecule has 0 heterocycles. The molecule has 0 saturated carbocycles. The molecule has 0 aliphatic carbocycles. The maximum atomic E-state index is 13.0. The Balaban J connectivity index is 2.13. The van der Waals surface area contributed by atoms with Crippen molar-refractivity contribution in [2.45, 2.75) is 13.5 Å². The Labute approximate surface area is 117 Å². The molecule has 2 aromatic carbocycles. The van der Waals surface area contributed by atoms with E-state index in [1.165, 1.54) is 19.2 Å². The van der Waals surface area contributed by atoms with Crippen molar-refractivity contribution >= 4 is 0 Å². The van der Waals surface area contributed by atoms with Gasteiger partial charge >= 0.3 is 0 Å². The number of nitriles is 1. The Morgan fingerprint density at radius 2 is 1.90 bits per heavy atom. The van der Waals surface area contributed by atoms with E-state index in [9.17, 15) is 4.39 Å². The summed E-state index contributed by atoms with van der Waals surface area (Å²) in [6.45, 7) is 2.10. The summed E-state index contributed by atoms with van der Waals surface area (Å²) in [5.41, 5.74) is 2.05. The van der Waals surface area contributed by atoms with E-state index in [1.54, 1.807) is 25.1 Å². The van der Waals surface area contributed by atoms with E-state index < -0.39 is 0 Å². The van der Waals surface area contributed by atoms with Gasteiger partial charge in [-0.2, -0.15) is 5.26 Å². The number of benzene rings is 2. The van der Waals surface area contributed by atoms with Crippen molar-refractivity contribution in [3.8, 4) is 17.6 Å². The van der Waals surface area contributed by atoms with Crippen LogP contribution in [0.25, 0.3) is 0 Å². The normalized spacial score (nSPS) is 9.90. The van der Waals surface area contributed by atoms with Crippen LogP contribution in [0.2, 0.25) is 0 Å². The molecule has 0 saturated heterocycles. The molecule has 2 aromatic rings. The Bertz CT molecular complexity index is 662. The third-order valence-electron chi connectivity index (χ3n) is 2.92. The van der Waals surface area contributed by atoms with E-state index in [2.05, 4.69) is 6.07 Å². The molecule has 0 radical (unpaired) electrons. The minimum atomic E-state index is -0.286. The van der Waals surface area contributed by atoms with E-state index >= 15 is 0 Å². The van der Waals surface area contributed by atoms with Crippen molar-refractivity contribution in [3.63, 3.8) is 0 Å². The predicted octanol–water partition coefficient (Wildman–Crippen LogP) is 3.59. The van der Waals surface area contributed by atoms with Gasteiger partial charge in [0.05, 0.1) is 12.7 Å². The molecule has 0 atom stereocenters. The molecule has 102 valence electrons. The van der Waals surface area contributed by atoms with Crippen LogP contribution < -0.4 is 9.47 Å². The molecule has 0 aliphatic heterocycles. The van der Waals surface area contributed by atoms with Crippen LogP contribution in [-0.2, 0) is 6.61 Å². The molecule has 0 N–H and O–H groups in total. The number of nitrogens with zero attached hydrogens (tertiary/aromatic N) is 1. The standard InChI is InChI=1S/C16H14FNO2/c1-11-7-14(17)4-6-15(11)20-10-12-3-5-16(19-2)13(8-12)9-18/h3-8H,10H2,1-2H3. The smallest absolute Gasteiger partial charge is 0.136 e. The van der Waals surface area contributed by atoms with Crippen LogP contribution in [0.5, 0.6) is 11.5 Å². The second-order valence-electron chi connectivity index (χ2n) is 4.34. The van der Waals surface area contributed by atoms with Gasteiger partial charge < -0.3 is 9.47 Å². The van der Waals surface area contributed by atoms with Crippen LogP contribution in [-0.4, -0.2) is 7.11 Å². The summed E-state index contributed by atoms with van der Waals surface area (Å²) in [6, 6.07) is 11.7. The van der Waals surface area contributed by atoms with Gasteiger partial charge in [-0.3, -0.25) is 0 Å². The van der Waals surface area contributed by atoms with Crippen LogP contribution in [0.4, 0.5) is 4.39 Å². The van der Waals surface area contributed by atoms with E-state index in [4.69, 9.17) is 14.7 Å². The third-order valence-corrected chi connectivity index (χ3v) is 2.92. The number of halogens is 1. The molecule has 0 fully saturated rings. The lowest BCUT2D eigenvalue weighted by molar-refractivity contribution is 0.303. The number of rotatable bonds is 4. The van der Waals surface area contributed by atoms with Gasteiger partial charge in [-0.05, 0) is 48.4 Å². The van der Waals surface area contributed by atoms with Gasteiger partial charge in [0.1, 0.15) is 30.0 Å². The van der Waals surface area contributed by atoms with Crippen LogP contribution in [0.3, 0.4) is 0 Å². The molecule has 0 spiro atoms. The molecule has 4 heteroatoms. The number of hydrogen-bond donors (Lipinski definition) is 0. The van der Waals surface area contributed by atoms with Crippen LogP contribution >= 0.6 is 0 Å². The lowest BCUT2D eigenvalue weighted by atomic mass is 10.1. The lowest BCUT2D eigenvalue weighted by Crippen LogP contribution is -1.98. The van der Waals surface area contributed by atoms with Crippen molar-refractivity contribution in [2.24, 2.45) is 0 Å². The predicted molar refractivity (Wildman–Crippen MR) is 73.2 cm³/mol. The summed E-state index contributed by atoms with van der Waals surface area (Å²) in [6.07, 6.45) is 0. The topological polar surface area (TPSA) is 42.2 Å². The lowest BCUT2D eigenvalue weighted by Gasteiger charge is -2.10. The highest BCUT2D eigenvalue weighted by Gasteiger charge is 2.05. The van der Waals surface area contributed by atoms with Gasteiger partial charge in [-0.25, -0.2) is 4.39 Å². The number of hydrogen-bond acceptors (Lipinski definition) is 3. The van der Waals surface area contributed by atoms with E-state index in [-0.39, 0.29) is 5.82 Å². The van der Waals surface area contributed by atoms with Gasteiger partial charge in [-0.1, -0.05) is 6.07 Å². The Morgan fingerprint density at radius 1 is 1.15 bits per heavy atom. The third kappa shape index (κ3) is 3.07. The van der Waals surface area contributed by atoms with Gasteiger partial charge in [-0.15, -0.1) is 0 Å². The second kappa shape index (κ2) is 6.07. The molecular formula is C16H14FNO2. The highest BCUT2D eigenvalue weighted by atomic mass is 19.1.